The van der Waals surface area contributed by atoms with Gasteiger partial charge in [-0.2, -0.15) is 9.98 Å². The van der Waals surface area contributed by atoms with Crippen LogP contribution in [-0.2, 0) is 4.79 Å². The second-order valence-electron chi connectivity index (χ2n) is 2.50. The molecular weight excluding hydrogens is 182 g/mol. The van der Waals surface area contributed by atoms with Crippen LogP contribution < -0.4 is 0 Å². The third-order valence-corrected chi connectivity index (χ3v) is 1.66. The molecule has 2 rings (SSSR count). The van der Waals surface area contributed by atoms with E-state index in [9.17, 15) is 4.79 Å². The van der Waals surface area contributed by atoms with Crippen LogP contribution >= 0.6 is 0 Å². The van der Waals surface area contributed by atoms with Crippen LogP contribution in [0.4, 0.5) is 5.69 Å². The maximum absolute atomic E-state index is 9.96. The average molecular weight is 187 g/mol. The molecule has 0 aliphatic rings. The molecule has 1 aromatic heterocycles. The first-order valence-corrected chi connectivity index (χ1v) is 3.85. The maximum atomic E-state index is 9.96. The number of hydrogen-bond donors (Lipinski definition) is 0. The molecule has 1 heterocycles. The molecule has 0 amide bonds. The van der Waals surface area contributed by atoms with Gasteiger partial charge in [0.05, 0.1) is 5.69 Å². The van der Waals surface area contributed by atoms with E-state index in [1.54, 1.807) is 24.3 Å². The second-order valence-corrected chi connectivity index (χ2v) is 2.50. The molecule has 0 aliphatic heterocycles. The Morgan fingerprint density at radius 1 is 1.29 bits per heavy atom. The van der Waals surface area contributed by atoms with Gasteiger partial charge < -0.3 is 4.52 Å². The number of benzene rings is 1. The van der Waals surface area contributed by atoms with Gasteiger partial charge in [0.2, 0.25) is 18.3 Å². The van der Waals surface area contributed by atoms with Gasteiger partial charge in [-0.05, 0) is 24.3 Å². The molecule has 0 aliphatic carbocycles. The summed E-state index contributed by atoms with van der Waals surface area (Å²) in [7, 11) is 0. The predicted octanol–water partition coefficient (Wildman–Crippen LogP) is 1.70. The van der Waals surface area contributed by atoms with Gasteiger partial charge in [-0.15, -0.1) is 0 Å². The summed E-state index contributed by atoms with van der Waals surface area (Å²) in [6, 6.07) is 6.86. The highest BCUT2D eigenvalue weighted by Gasteiger charge is 2.01. The molecule has 0 bridgehead atoms. The highest BCUT2D eigenvalue weighted by molar-refractivity contribution is 5.59. The molecule has 0 fully saturated rings. The van der Waals surface area contributed by atoms with E-state index in [1.165, 1.54) is 12.5 Å². The van der Waals surface area contributed by atoms with Crippen molar-refractivity contribution in [3.63, 3.8) is 0 Å². The minimum Gasteiger partial charge on any atom is -0.342 e. The molecular formula is C9H5N3O2. The largest absolute Gasteiger partial charge is 0.342 e. The van der Waals surface area contributed by atoms with E-state index in [1.807, 2.05) is 0 Å². The summed E-state index contributed by atoms with van der Waals surface area (Å²) in [4.78, 5) is 17.3. The van der Waals surface area contributed by atoms with Gasteiger partial charge >= 0.3 is 0 Å². The molecule has 0 unspecified atom stereocenters. The van der Waals surface area contributed by atoms with Crippen molar-refractivity contribution in [2.24, 2.45) is 4.99 Å². The van der Waals surface area contributed by atoms with Crippen molar-refractivity contribution in [1.29, 1.82) is 0 Å². The number of aliphatic imine (C=N–C) groups is 1. The normalized spacial score (nSPS) is 9.43. The minimum absolute atomic E-state index is 0.506. The van der Waals surface area contributed by atoms with E-state index >= 15 is 0 Å². The van der Waals surface area contributed by atoms with Gasteiger partial charge in [-0.25, -0.2) is 4.79 Å². The summed E-state index contributed by atoms with van der Waals surface area (Å²) in [5.74, 6) is 0.506. The minimum atomic E-state index is 0.506. The van der Waals surface area contributed by atoms with Crippen LogP contribution in [0.5, 0.6) is 0 Å². The van der Waals surface area contributed by atoms with Crippen molar-refractivity contribution in [2.45, 2.75) is 0 Å². The number of carbonyl (C=O) groups excluding carboxylic acids is 1. The molecule has 0 N–H and O–H groups in total. The van der Waals surface area contributed by atoms with Gasteiger partial charge in [0, 0.05) is 5.56 Å². The molecule has 5 heteroatoms. The fourth-order valence-electron chi connectivity index (χ4n) is 1.04. The summed E-state index contributed by atoms with van der Waals surface area (Å²) >= 11 is 0. The first-order valence-electron chi connectivity index (χ1n) is 3.85. The lowest BCUT2D eigenvalue weighted by molar-refractivity contribution is 0.419. The van der Waals surface area contributed by atoms with Crippen molar-refractivity contribution in [3.8, 4) is 11.4 Å². The third-order valence-electron chi connectivity index (χ3n) is 1.66. The zero-order chi connectivity index (χ0) is 9.80. The highest BCUT2D eigenvalue weighted by Crippen LogP contribution is 2.18. The van der Waals surface area contributed by atoms with Crippen LogP contribution in [0.25, 0.3) is 11.4 Å². The fourth-order valence-corrected chi connectivity index (χ4v) is 1.04. The van der Waals surface area contributed by atoms with Gasteiger partial charge in [0.1, 0.15) is 0 Å². The maximum Gasteiger partial charge on any atom is 0.240 e. The quantitative estimate of drug-likeness (QED) is 0.530. The van der Waals surface area contributed by atoms with Crippen LogP contribution in [0, 0.1) is 0 Å². The molecule has 0 saturated heterocycles. The summed E-state index contributed by atoms with van der Waals surface area (Å²) in [6.45, 7) is 0. The van der Waals surface area contributed by atoms with E-state index in [4.69, 9.17) is 0 Å². The molecule has 0 saturated carbocycles. The molecule has 0 radical (unpaired) electrons. The zero-order valence-electron chi connectivity index (χ0n) is 7.04. The Bertz CT molecular complexity index is 455. The first-order chi connectivity index (χ1) is 6.90. The summed E-state index contributed by atoms with van der Waals surface area (Å²) in [5, 5.41) is 3.67. The lowest BCUT2D eigenvalue weighted by atomic mass is 10.2. The van der Waals surface area contributed by atoms with Gasteiger partial charge in [-0.1, -0.05) is 5.16 Å². The Balaban J connectivity index is 2.35. The third kappa shape index (κ3) is 1.57. The van der Waals surface area contributed by atoms with E-state index in [0.29, 0.717) is 11.5 Å². The molecule has 1 aromatic carbocycles. The first kappa shape index (κ1) is 8.34. The smallest absolute Gasteiger partial charge is 0.240 e. The van der Waals surface area contributed by atoms with Crippen molar-refractivity contribution >= 4 is 11.8 Å². The summed E-state index contributed by atoms with van der Waals surface area (Å²) < 4.78 is 4.60. The van der Waals surface area contributed by atoms with Gasteiger partial charge in [0.25, 0.3) is 0 Å². The molecule has 0 spiro atoms. The van der Waals surface area contributed by atoms with Crippen LogP contribution in [0.15, 0.2) is 40.2 Å². The Morgan fingerprint density at radius 2 is 2.07 bits per heavy atom. The summed E-state index contributed by atoms with van der Waals surface area (Å²) in [6.07, 6.45) is 2.72. The van der Waals surface area contributed by atoms with Gasteiger partial charge in [0.15, 0.2) is 0 Å². The number of rotatable bonds is 2. The SMILES string of the molecule is O=C=Nc1ccc(-c2ncon2)cc1. The second kappa shape index (κ2) is 3.64. The standard InChI is InChI=1S/C9H5N3O2/c13-5-10-8-3-1-7(2-4-8)9-11-6-14-12-9/h1-4,6H. The van der Waals surface area contributed by atoms with E-state index in [0.717, 1.165) is 5.56 Å². The average Bonchev–Trinajstić information content (AvgIpc) is 2.72. The van der Waals surface area contributed by atoms with Crippen LogP contribution in [0.3, 0.4) is 0 Å². The molecule has 5 nitrogen and oxygen atoms in total. The molecule has 14 heavy (non-hydrogen) atoms. The number of hydrogen-bond acceptors (Lipinski definition) is 5. The number of aromatic nitrogens is 2. The van der Waals surface area contributed by atoms with E-state index in [-0.39, 0.29) is 0 Å². The van der Waals surface area contributed by atoms with Crippen LogP contribution in [0.1, 0.15) is 0 Å². The predicted molar refractivity (Wildman–Crippen MR) is 47.5 cm³/mol. The number of nitrogens with zero attached hydrogens (tertiary/aromatic N) is 3. The molecule has 0 atom stereocenters. The van der Waals surface area contributed by atoms with Crippen LogP contribution in [0.2, 0.25) is 0 Å². The molecule has 68 valence electrons. The Morgan fingerprint density at radius 3 is 2.64 bits per heavy atom. The topological polar surface area (TPSA) is 68.3 Å². The Labute approximate surface area is 79.1 Å². The lowest BCUT2D eigenvalue weighted by Gasteiger charge is -1.93. The lowest BCUT2D eigenvalue weighted by Crippen LogP contribution is -1.78. The van der Waals surface area contributed by atoms with Crippen molar-refractivity contribution in [2.75, 3.05) is 0 Å². The monoisotopic (exact) mass is 187 g/mol. The van der Waals surface area contributed by atoms with E-state index in [2.05, 4.69) is 19.7 Å². The van der Waals surface area contributed by atoms with Gasteiger partial charge in [-0.3, -0.25) is 0 Å². The highest BCUT2D eigenvalue weighted by atomic mass is 16.5. The Hall–Kier alpha value is -2.26. The Kier molecular flexibility index (Phi) is 2.17. The zero-order valence-corrected chi connectivity index (χ0v) is 7.04. The van der Waals surface area contributed by atoms with Crippen molar-refractivity contribution in [3.05, 3.63) is 30.7 Å². The van der Waals surface area contributed by atoms with Crippen LogP contribution in [-0.4, -0.2) is 16.2 Å². The summed E-state index contributed by atoms with van der Waals surface area (Å²) in [5.41, 5.74) is 1.36. The fraction of sp³-hybridized carbons (Fsp3) is 0. The molecule has 2 aromatic rings. The number of isocyanates is 1. The van der Waals surface area contributed by atoms with Crippen molar-refractivity contribution < 1.29 is 9.32 Å². The van der Waals surface area contributed by atoms with E-state index < -0.39 is 0 Å². The van der Waals surface area contributed by atoms with Crippen molar-refractivity contribution in [1.82, 2.24) is 10.1 Å².